The van der Waals surface area contributed by atoms with Crippen LogP contribution in [-0.4, -0.2) is 17.9 Å². The molecule has 1 fully saturated rings. The van der Waals surface area contributed by atoms with E-state index in [1.165, 1.54) is 6.92 Å². The third-order valence-corrected chi connectivity index (χ3v) is 2.65. The molecule has 14 heavy (non-hydrogen) atoms. The topological polar surface area (TPSA) is 43.4 Å². The molecule has 80 valence electrons. The van der Waals surface area contributed by atoms with Gasteiger partial charge < -0.3 is 4.74 Å². The van der Waals surface area contributed by atoms with Crippen molar-refractivity contribution in [2.45, 2.75) is 46.6 Å². The summed E-state index contributed by atoms with van der Waals surface area (Å²) in [7, 11) is 0. The molecule has 0 aromatic rings. The van der Waals surface area contributed by atoms with Gasteiger partial charge in [-0.2, -0.15) is 0 Å². The van der Waals surface area contributed by atoms with Gasteiger partial charge in [-0.1, -0.05) is 20.8 Å². The molecule has 1 saturated carbocycles. The first-order chi connectivity index (χ1) is 6.32. The second-order valence-electron chi connectivity index (χ2n) is 5.02. The molecule has 0 bridgehead atoms. The Morgan fingerprint density at radius 3 is 2.50 bits per heavy atom. The SMILES string of the molecule is CC(=O)O[C@@H]1C(=O)CC(C)(C)C[C@@H]1C. The summed E-state index contributed by atoms with van der Waals surface area (Å²) in [5, 5.41) is 0. The average molecular weight is 198 g/mol. The molecular formula is C11H18O3. The Balaban J connectivity index is 2.70. The van der Waals surface area contributed by atoms with Gasteiger partial charge >= 0.3 is 5.97 Å². The molecule has 3 nitrogen and oxygen atoms in total. The van der Waals surface area contributed by atoms with E-state index in [-0.39, 0.29) is 23.1 Å². The Kier molecular flexibility index (Phi) is 2.98. The van der Waals surface area contributed by atoms with Gasteiger partial charge in [0.2, 0.25) is 0 Å². The second kappa shape index (κ2) is 3.71. The molecule has 0 aromatic carbocycles. The highest BCUT2D eigenvalue weighted by Gasteiger charge is 2.40. The fraction of sp³-hybridized carbons (Fsp3) is 0.818. The van der Waals surface area contributed by atoms with E-state index in [1.807, 2.05) is 6.92 Å². The quantitative estimate of drug-likeness (QED) is 0.605. The van der Waals surface area contributed by atoms with Gasteiger partial charge in [0.05, 0.1) is 0 Å². The largest absolute Gasteiger partial charge is 0.454 e. The van der Waals surface area contributed by atoms with Gasteiger partial charge in [-0.05, 0) is 11.8 Å². The minimum atomic E-state index is -0.513. The molecule has 0 aliphatic heterocycles. The average Bonchev–Trinajstić information content (AvgIpc) is 1.94. The van der Waals surface area contributed by atoms with Crippen LogP contribution in [0.5, 0.6) is 0 Å². The minimum absolute atomic E-state index is 0.0488. The molecule has 0 aromatic heterocycles. The van der Waals surface area contributed by atoms with Gasteiger partial charge in [0.25, 0.3) is 0 Å². The van der Waals surface area contributed by atoms with E-state index >= 15 is 0 Å². The van der Waals surface area contributed by atoms with Crippen LogP contribution < -0.4 is 0 Å². The molecule has 0 heterocycles. The van der Waals surface area contributed by atoms with Crippen LogP contribution in [-0.2, 0) is 14.3 Å². The van der Waals surface area contributed by atoms with Crippen LogP contribution in [0.15, 0.2) is 0 Å². The summed E-state index contributed by atoms with van der Waals surface area (Å²) in [5.41, 5.74) is 0.0488. The van der Waals surface area contributed by atoms with Crippen LogP contribution in [0, 0.1) is 11.3 Å². The third kappa shape index (κ3) is 2.56. The number of hydrogen-bond acceptors (Lipinski definition) is 3. The van der Waals surface area contributed by atoms with Crippen LogP contribution in [0.25, 0.3) is 0 Å². The number of ketones is 1. The van der Waals surface area contributed by atoms with Gasteiger partial charge in [0, 0.05) is 19.3 Å². The van der Waals surface area contributed by atoms with Crippen molar-refractivity contribution in [3.63, 3.8) is 0 Å². The Labute approximate surface area is 84.8 Å². The van der Waals surface area contributed by atoms with Crippen LogP contribution in [0.4, 0.5) is 0 Å². The lowest BCUT2D eigenvalue weighted by Gasteiger charge is -2.37. The summed E-state index contributed by atoms with van der Waals surface area (Å²) in [6, 6.07) is 0. The Morgan fingerprint density at radius 2 is 2.07 bits per heavy atom. The lowest BCUT2D eigenvalue weighted by Crippen LogP contribution is -2.42. The molecule has 0 N–H and O–H groups in total. The van der Waals surface area contributed by atoms with Crippen LogP contribution in [0.1, 0.15) is 40.5 Å². The molecule has 0 amide bonds. The van der Waals surface area contributed by atoms with E-state index in [9.17, 15) is 9.59 Å². The fourth-order valence-corrected chi connectivity index (χ4v) is 2.30. The monoisotopic (exact) mass is 198 g/mol. The number of hydrogen-bond donors (Lipinski definition) is 0. The smallest absolute Gasteiger partial charge is 0.303 e. The summed E-state index contributed by atoms with van der Waals surface area (Å²) in [6.07, 6.45) is 0.923. The number of carbonyl (C=O) groups is 2. The maximum absolute atomic E-state index is 11.7. The zero-order valence-electron chi connectivity index (χ0n) is 9.29. The minimum Gasteiger partial charge on any atom is -0.454 e. The van der Waals surface area contributed by atoms with Gasteiger partial charge in [0.15, 0.2) is 11.9 Å². The van der Waals surface area contributed by atoms with Crippen molar-refractivity contribution < 1.29 is 14.3 Å². The first kappa shape index (κ1) is 11.2. The second-order valence-corrected chi connectivity index (χ2v) is 5.02. The predicted octanol–water partition coefficient (Wildman–Crippen LogP) is 1.94. The molecule has 0 spiro atoms. The summed E-state index contributed by atoms with van der Waals surface area (Å²) >= 11 is 0. The van der Waals surface area contributed by atoms with Crippen molar-refractivity contribution in [3.05, 3.63) is 0 Å². The summed E-state index contributed by atoms with van der Waals surface area (Å²) in [6.45, 7) is 7.46. The molecule has 1 aliphatic rings. The standard InChI is InChI=1S/C11H18O3/c1-7-5-11(3,4)6-9(13)10(7)14-8(2)12/h7,10H,5-6H2,1-4H3/t7-,10-/m0/s1. The molecule has 0 unspecified atom stereocenters. The maximum atomic E-state index is 11.7. The normalized spacial score (nSPS) is 31.3. The first-order valence-corrected chi connectivity index (χ1v) is 5.02. The third-order valence-electron chi connectivity index (χ3n) is 2.65. The molecule has 2 atom stereocenters. The lowest BCUT2D eigenvalue weighted by molar-refractivity contribution is -0.160. The maximum Gasteiger partial charge on any atom is 0.303 e. The molecule has 0 radical (unpaired) electrons. The predicted molar refractivity (Wildman–Crippen MR) is 52.7 cm³/mol. The molecule has 1 rings (SSSR count). The number of Topliss-reactive ketones (excluding diaryl/α,β-unsaturated/α-hetero) is 1. The van der Waals surface area contributed by atoms with Crippen molar-refractivity contribution >= 4 is 11.8 Å². The summed E-state index contributed by atoms with van der Waals surface area (Å²) in [5.74, 6) is -0.172. The Morgan fingerprint density at radius 1 is 1.50 bits per heavy atom. The molecule has 0 saturated heterocycles. The highest BCUT2D eigenvalue weighted by atomic mass is 16.5. The van der Waals surface area contributed by atoms with Crippen molar-refractivity contribution in [2.75, 3.05) is 0 Å². The number of esters is 1. The highest BCUT2D eigenvalue weighted by molar-refractivity contribution is 5.86. The fourth-order valence-electron chi connectivity index (χ4n) is 2.30. The molecule has 3 heteroatoms. The highest BCUT2D eigenvalue weighted by Crippen LogP contribution is 2.37. The van der Waals surface area contributed by atoms with E-state index in [2.05, 4.69) is 13.8 Å². The zero-order valence-corrected chi connectivity index (χ0v) is 9.29. The zero-order chi connectivity index (χ0) is 10.9. The number of carbonyl (C=O) groups excluding carboxylic acids is 2. The summed E-state index contributed by atoms with van der Waals surface area (Å²) in [4.78, 5) is 22.5. The van der Waals surface area contributed by atoms with Gasteiger partial charge in [-0.3, -0.25) is 9.59 Å². The van der Waals surface area contributed by atoms with Gasteiger partial charge in [-0.25, -0.2) is 0 Å². The van der Waals surface area contributed by atoms with Crippen molar-refractivity contribution in [1.29, 1.82) is 0 Å². The van der Waals surface area contributed by atoms with Crippen LogP contribution in [0.3, 0.4) is 0 Å². The van der Waals surface area contributed by atoms with Crippen LogP contribution in [0.2, 0.25) is 0 Å². The van der Waals surface area contributed by atoms with E-state index in [1.54, 1.807) is 0 Å². The van der Waals surface area contributed by atoms with Crippen LogP contribution >= 0.6 is 0 Å². The van der Waals surface area contributed by atoms with Crippen molar-refractivity contribution in [3.8, 4) is 0 Å². The van der Waals surface area contributed by atoms with E-state index in [4.69, 9.17) is 4.74 Å². The first-order valence-electron chi connectivity index (χ1n) is 5.02. The number of ether oxygens (including phenoxy) is 1. The van der Waals surface area contributed by atoms with Gasteiger partial charge in [-0.15, -0.1) is 0 Å². The van der Waals surface area contributed by atoms with Crippen molar-refractivity contribution in [2.24, 2.45) is 11.3 Å². The Bertz CT molecular complexity index is 255. The number of rotatable bonds is 1. The van der Waals surface area contributed by atoms with E-state index in [0.717, 1.165) is 6.42 Å². The van der Waals surface area contributed by atoms with E-state index < -0.39 is 6.10 Å². The van der Waals surface area contributed by atoms with Gasteiger partial charge in [0.1, 0.15) is 0 Å². The Hall–Kier alpha value is -0.860. The van der Waals surface area contributed by atoms with E-state index in [0.29, 0.717) is 6.42 Å². The molecule has 1 aliphatic carbocycles. The van der Waals surface area contributed by atoms with Crippen molar-refractivity contribution in [1.82, 2.24) is 0 Å². The summed E-state index contributed by atoms with van der Waals surface area (Å²) < 4.78 is 5.02. The lowest BCUT2D eigenvalue weighted by atomic mass is 9.71. The molecular weight excluding hydrogens is 180 g/mol.